The van der Waals surface area contributed by atoms with Gasteiger partial charge in [0.2, 0.25) is 5.91 Å². The fourth-order valence-electron chi connectivity index (χ4n) is 2.18. The lowest BCUT2D eigenvalue weighted by atomic mass is 10.1. The van der Waals surface area contributed by atoms with Crippen LogP contribution in [0.2, 0.25) is 0 Å². The first-order valence-electron chi connectivity index (χ1n) is 7.21. The molecule has 2 N–H and O–H groups in total. The first-order valence-corrected chi connectivity index (χ1v) is 7.21. The Labute approximate surface area is 133 Å². The Morgan fingerprint density at radius 2 is 2.09 bits per heavy atom. The fraction of sp³-hybridized carbons (Fsp3) is 0.312. The van der Waals surface area contributed by atoms with Gasteiger partial charge in [-0.3, -0.25) is 20.2 Å². The van der Waals surface area contributed by atoms with Crippen molar-refractivity contribution in [2.24, 2.45) is 0 Å². The molecule has 1 atom stereocenters. The number of amides is 1. The van der Waals surface area contributed by atoms with Gasteiger partial charge in [0.1, 0.15) is 11.4 Å². The minimum atomic E-state index is -0.499. The minimum Gasteiger partial charge on any atom is -0.468 e. The van der Waals surface area contributed by atoms with Crippen molar-refractivity contribution >= 4 is 17.3 Å². The van der Waals surface area contributed by atoms with E-state index in [9.17, 15) is 14.9 Å². The second-order valence-electron chi connectivity index (χ2n) is 5.32. The summed E-state index contributed by atoms with van der Waals surface area (Å²) in [7, 11) is 0. The van der Waals surface area contributed by atoms with Crippen LogP contribution in [0, 0.1) is 24.0 Å². The summed E-state index contributed by atoms with van der Waals surface area (Å²) >= 11 is 0. The Bertz CT molecular complexity index is 710. The first-order chi connectivity index (χ1) is 10.9. The molecule has 0 saturated heterocycles. The zero-order chi connectivity index (χ0) is 17.0. The van der Waals surface area contributed by atoms with Gasteiger partial charge in [-0.05, 0) is 44.0 Å². The van der Waals surface area contributed by atoms with Gasteiger partial charge in [-0.15, -0.1) is 0 Å². The van der Waals surface area contributed by atoms with Crippen molar-refractivity contribution in [3.8, 4) is 0 Å². The van der Waals surface area contributed by atoms with Crippen molar-refractivity contribution in [1.29, 1.82) is 0 Å². The number of rotatable bonds is 6. The molecule has 0 unspecified atom stereocenters. The normalized spacial score (nSPS) is 12.0. The quantitative estimate of drug-likeness (QED) is 0.630. The first kappa shape index (κ1) is 16.7. The maximum atomic E-state index is 12.1. The maximum Gasteiger partial charge on any atom is 0.293 e. The van der Waals surface area contributed by atoms with E-state index in [4.69, 9.17) is 4.42 Å². The van der Waals surface area contributed by atoms with Crippen molar-refractivity contribution in [2.75, 3.05) is 11.9 Å². The molecule has 0 saturated carbocycles. The smallest absolute Gasteiger partial charge is 0.293 e. The number of nitro groups is 1. The van der Waals surface area contributed by atoms with Crippen LogP contribution in [0.15, 0.2) is 34.9 Å². The third kappa shape index (κ3) is 3.95. The van der Waals surface area contributed by atoms with Gasteiger partial charge in [0.15, 0.2) is 0 Å². The molecule has 7 heteroatoms. The Hall–Kier alpha value is -2.67. The highest BCUT2D eigenvalue weighted by Gasteiger charge is 2.19. The van der Waals surface area contributed by atoms with E-state index in [1.165, 1.54) is 6.07 Å². The highest BCUT2D eigenvalue weighted by Crippen LogP contribution is 2.30. The lowest BCUT2D eigenvalue weighted by molar-refractivity contribution is -0.384. The Morgan fingerprint density at radius 1 is 1.35 bits per heavy atom. The molecule has 2 aromatic rings. The Kier molecular flexibility index (Phi) is 5.13. The number of hydrogen-bond acceptors (Lipinski definition) is 5. The average molecular weight is 317 g/mol. The van der Waals surface area contributed by atoms with Gasteiger partial charge in [0.25, 0.3) is 5.69 Å². The van der Waals surface area contributed by atoms with Gasteiger partial charge in [-0.2, -0.15) is 0 Å². The van der Waals surface area contributed by atoms with Gasteiger partial charge in [-0.1, -0.05) is 6.07 Å². The van der Waals surface area contributed by atoms with E-state index >= 15 is 0 Å². The van der Waals surface area contributed by atoms with E-state index < -0.39 is 4.92 Å². The van der Waals surface area contributed by atoms with E-state index in [1.54, 1.807) is 25.3 Å². The zero-order valence-electron chi connectivity index (χ0n) is 13.3. The monoisotopic (exact) mass is 317 g/mol. The van der Waals surface area contributed by atoms with Crippen LogP contribution in [0.1, 0.15) is 29.9 Å². The Balaban J connectivity index is 2.05. The molecular weight excluding hydrogens is 298 g/mol. The summed E-state index contributed by atoms with van der Waals surface area (Å²) in [5.74, 6) is 0.371. The Morgan fingerprint density at radius 3 is 2.70 bits per heavy atom. The number of nitro benzene ring substituents is 1. The van der Waals surface area contributed by atoms with Crippen LogP contribution in [0.5, 0.6) is 0 Å². The summed E-state index contributed by atoms with van der Waals surface area (Å²) in [6, 6.07) is 6.51. The van der Waals surface area contributed by atoms with Crippen molar-refractivity contribution in [2.45, 2.75) is 26.8 Å². The summed E-state index contributed by atoms with van der Waals surface area (Å²) in [6.07, 6.45) is 1.56. The van der Waals surface area contributed by atoms with Gasteiger partial charge in [-0.25, -0.2) is 0 Å². The largest absolute Gasteiger partial charge is 0.468 e. The molecule has 1 amide bonds. The number of nitrogens with zero attached hydrogens (tertiary/aromatic N) is 1. The molecule has 1 heterocycles. The highest BCUT2D eigenvalue weighted by molar-refractivity contribution is 5.95. The fourth-order valence-corrected chi connectivity index (χ4v) is 2.18. The zero-order valence-corrected chi connectivity index (χ0v) is 13.3. The van der Waals surface area contributed by atoms with Crippen LogP contribution in [-0.4, -0.2) is 17.4 Å². The van der Waals surface area contributed by atoms with E-state index in [-0.39, 0.29) is 29.9 Å². The number of hydrogen-bond donors (Lipinski definition) is 2. The molecule has 2 rings (SSSR count). The van der Waals surface area contributed by atoms with Crippen molar-refractivity contribution < 1.29 is 14.1 Å². The number of furan rings is 1. The molecule has 0 aliphatic carbocycles. The standard InChI is InChI=1S/C16H19N3O4/c1-10-6-7-13(19(21)22)16(11(10)2)18-15(20)9-17-12(3)14-5-4-8-23-14/h4-8,12,17H,9H2,1-3H3,(H,18,20)/t12-/m0/s1. The molecule has 0 spiro atoms. The predicted molar refractivity (Wildman–Crippen MR) is 86.3 cm³/mol. The molecule has 7 nitrogen and oxygen atoms in total. The third-order valence-corrected chi connectivity index (χ3v) is 3.71. The molecule has 0 radical (unpaired) electrons. The number of aryl methyl sites for hydroxylation is 1. The van der Waals surface area contributed by atoms with Crippen LogP contribution < -0.4 is 10.6 Å². The van der Waals surface area contributed by atoms with Gasteiger partial charge in [0.05, 0.1) is 23.8 Å². The second-order valence-corrected chi connectivity index (χ2v) is 5.32. The second kappa shape index (κ2) is 7.06. The van der Waals surface area contributed by atoms with Crippen LogP contribution in [0.3, 0.4) is 0 Å². The lowest BCUT2D eigenvalue weighted by Crippen LogP contribution is -2.30. The summed E-state index contributed by atoms with van der Waals surface area (Å²) in [5, 5.41) is 16.8. The number of anilines is 1. The van der Waals surface area contributed by atoms with Gasteiger partial charge >= 0.3 is 0 Å². The molecule has 0 fully saturated rings. The SMILES string of the molecule is Cc1ccc([N+](=O)[O-])c(NC(=O)CN[C@@H](C)c2ccco2)c1C. The summed E-state index contributed by atoms with van der Waals surface area (Å²) in [6.45, 7) is 5.47. The summed E-state index contributed by atoms with van der Waals surface area (Å²) < 4.78 is 5.25. The molecule has 122 valence electrons. The molecule has 23 heavy (non-hydrogen) atoms. The van der Waals surface area contributed by atoms with Crippen LogP contribution in [-0.2, 0) is 4.79 Å². The van der Waals surface area contributed by atoms with Crippen molar-refractivity contribution in [1.82, 2.24) is 5.32 Å². The number of carbonyl (C=O) groups is 1. The van der Waals surface area contributed by atoms with E-state index in [0.29, 0.717) is 5.56 Å². The van der Waals surface area contributed by atoms with Crippen LogP contribution in [0.4, 0.5) is 11.4 Å². The average Bonchev–Trinajstić information content (AvgIpc) is 3.03. The van der Waals surface area contributed by atoms with Crippen LogP contribution >= 0.6 is 0 Å². The minimum absolute atomic E-state index is 0.0202. The van der Waals surface area contributed by atoms with E-state index in [2.05, 4.69) is 10.6 Å². The van der Waals surface area contributed by atoms with E-state index in [1.807, 2.05) is 19.9 Å². The van der Waals surface area contributed by atoms with Crippen LogP contribution in [0.25, 0.3) is 0 Å². The third-order valence-electron chi connectivity index (χ3n) is 3.71. The van der Waals surface area contributed by atoms with E-state index in [0.717, 1.165) is 11.3 Å². The summed E-state index contributed by atoms with van der Waals surface area (Å²) in [4.78, 5) is 22.7. The number of benzene rings is 1. The topological polar surface area (TPSA) is 97.4 Å². The number of nitrogens with one attached hydrogen (secondary N) is 2. The molecular formula is C16H19N3O4. The molecule has 0 aliphatic heterocycles. The maximum absolute atomic E-state index is 12.1. The lowest BCUT2D eigenvalue weighted by Gasteiger charge is -2.13. The molecule has 0 bridgehead atoms. The van der Waals surface area contributed by atoms with Gasteiger partial charge < -0.3 is 9.73 Å². The van der Waals surface area contributed by atoms with Crippen molar-refractivity contribution in [3.63, 3.8) is 0 Å². The summed E-state index contributed by atoms with van der Waals surface area (Å²) in [5.41, 5.74) is 1.70. The molecule has 0 aliphatic rings. The number of carbonyl (C=O) groups excluding carboxylic acids is 1. The predicted octanol–water partition coefficient (Wildman–Crippen LogP) is 3.09. The van der Waals surface area contributed by atoms with Gasteiger partial charge in [0, 0.05) is 6.07 Å². The van der Waals surface area contributed by atoms with Crippen molar-refractivity contribution in [3.05, 3.63) is 57.5 Å². The molecule has 1 aromatic heterocycles. The highest BCUT2D eigenvalue weighted by atomic mass is 16.6. The molecule has 1 aromatic carbocycles.